The number of hydrogen-bond donors (Lipinski definition) is 6. The molecule has 26 heteroatoms. The molecule has 20 nitrogen and oxygen atoms in total. The van der Waals surface area contributed by atoms with Gasteiger partial charge in [0.15, 0.2) is 17.3 Å². The van der Waals surface area contributed by atoms with Crippen LogP contribution in [0.2, 0.25) is 0 Å². The number of unbranched alkanes of at least 4 members (excludes halogenated alkanes) is 3. The zero-order chi connectivity index (χ0) is 51.8. The first-order valence-electron chi connectivity index (χ1n) is 22.9. The van der Waals surface area contributed by atoms with E-state index < -0.39 is 122 Å². The van der Waals surface area contributed by atoms with Crippen molar-refractivity contribution in [3.05, 3.63) is 64.3 Å². The number of carbonyl (C=O) groups excluding carboxylic acids is 3. The fraction of sp³-hybridized carbons (Fsp3) is 0.682. The number of halogens is 6. The molecular formula is C44H64F6N8O12. The van der Waals surface area contributed by atoms with Gasteiger partial charge in [0.25, 0.3) is 0 Å². The second-order valence-electron chi connectivity index (χ2n) is 17.7. The van der Waals surface area contributed by atoms with Gasteiger partial charge in [-0.05, 0) is 51.8 Å². The van der Waals surface area contributed by atoms with Crippen molar-refractivity contribution in [2.75, 3.05) is 59.3 Å². The van der Waals surface area contributed by atoms with Crippen molar-refractivity contribution in [1.29, 1.82) is 0 Å². The van der Waals surface area contributed by atoms with Crippen molar-refractivity contribution in [2.24, 2.45) is 0 Å². The number of carbonyl (C=O) groups is 3. The van der Waals surface area contributed by atoms with Crippen LogP contribution in [0.3, 0.4) is 0 Å². The fourth-order valence-corrected chi connectivity index (χ4v) is 7.36. The van der Waals surface area contributed by atoms with Gasteiger partial charge >= 0.3 is 18.2 Å². The van der Waals surface area contributed by atoms with Crippen LogP contribution in [0, 0.1) is 17.5 Å². The molecule has 1 aromatic carbocycles. The van der Waals surface area contributed by atoms with Crippen LogP contribution >= 0.6 is 0 Å². The van der Waals surface area contributed by atoms with Crippen LogP contribution < -0.4 is 5.32 Å². The molecule has 3 aromatic rings. The molecule has 0 saturated carbocycles. The van der Waals surface area contributed by atoms with E-state index in [9.17, 15) is 61.2 Å². The number of benzene rings is 1. The van der Waals surface area contributed by atoms with Gasteiger partial charge < -0.3 is 59.3 Å². The molecule has 0 aliphatic carbocycles. The van der Waals surface area contributed by atoms with E-state index in [1.54, 1.807) is 27.0 Å². The summed E-state index contributed by atoms with van der Waals surface area (Å²) < 4.78 is 108. The Morgan fingerprint density at radius 2 is 1.56 bits per heavy atom. The molecule has 2 amide bonds. The minimum Gasteiger partial charge on any atom is -0.458 e. The number of hydrogen-bond acceptors (Lipinski definition) is 16. The number of esters is 1. The highest BCUT2D eigenvalue weighted by Gasteiger charge is 2.42. The van der Waals surface area contributed by atoms with Gasteiger partial charge in [-0.1, -0.05) is 31.4 Å². The normalized spacial score (nSPS) is 15.3. The highest BCUT2D eigenvalue weighted by atomic mass is 19.4. The Morgan fingerprint density at radius 3 is 2.23 bits per heavy atom. The van der Waals surface area contributed by atoms with Crippen LogP contribution in [-0.2, 0) is 62.5 Å². The van der Waals surface area contributed by atoms with E-state index in [1.165, 1.54) is 4.68 Å². The van der Waals surface area contributed by atoms with Crippen LogP contribution in [0.4, 0.5) is 31.1 Å². The number of aliphatic hydroxyl groups excluding tert-OH is 5. The number of rotatable bonds is 28. The number of imidazole rings is 1. The van der Waals surface area contributed by atoms with E-state index in [4.69, 9.17) is 24.1 Å². The van der Waals surface area contributed by atoms with Gasteiger partial charge in [0.2, 0.25) is 11.7 Å². The SMILES string of the molecule is CCCCCCN(Cc1cn(CCOCCOCCOC(=O)c2nc(C(F)(F)F)n3c2CN(C(=O)C[C@@H](Cc2cc(F)c(F)cc2F)NC(=O)OC(C)(C)C)CC3)nn1)CC(O)C(O)C(O)C(O)CO. The summed E-state index contributed by atoms with van der Waals surface area (Å²) in [6, 6.07) is -0.357. The molecule has 4 unspecified atom stereocenters. The Morgan fingerprint density at radius 1 is 0.886 bits per heavy atom. The van der Waals surface area contributed by atoms with Crippen LogP contribution in [0.15, 0.2) is 18.3 Å². The molecule has 0 fully saturated rings. The molecule has 394 valence electrons. The zero-order valence-electron chi connectivity index (χ0n) is 39.5. The molecule has 3 heterocycles. The summed E-state index contributed by atoms with van der Waals surface area (Å²) in [5.41, 5.74) is -1.77. The van der Waals surface area contributed by atoms with Gasteiger partial charge in [0.05, 0.1) is 63.6 Å². The number of aliphatic hydroxyl groups is 5. The fourth-order valence-electron chi connectivity index (χ4n) is 7.36. The van der Waals surface area contributed by atoms with Crippen LogP contribution in [-0.4, -0.2) is 173 Å². The molecule has 0 radical (unpaired) electrons. The molecule has 0 bridgehead atoms. The van der Waals surface area contributed by atoms with Gasteiger partial charge in [-0.3, -0.25) is 9.69 Å². The van der Waals surface area contributed by atoms with E-state index in [2.05, 4.69) is 27.5 Å². The summed E-state index contributed by atoms with van der Waals surface area (Å²) in [6.07, 6.45) is -8.14. The first-order valence-corrected chi connectivity index (χ1v) is 22.9. The first-order chi connectivity index (χ1) is 33.0. The Labute approximate surface area is 400 Å². The van der Waals surface area contributed by atoms with Crippen LogP contribution in [0.1, 0.15) is 93.1 Å². The summed E-state index contributed by atoms with van der Waals surface area (Å²) in [4.78, 5) is 45.9. The molecule has 4 rings (SSSR count). The third-order valence-electron chi connectivity index (χ3n) is 10.9. The van der Waals surface area contributed by atoms with Crippen LogP contribution in [0.25, 0.3) is 0 Å². The lowest BCUT2D eigenvalue weighted by molar-refractivity contribution is -0.148. The van der Waals surface area contributed by atoms with Gasteiger partial charge in [-0.15, -0.1) is 5.10 Å². The Balaban J connectivity index is 1.26. The number of alkyl carbamates (subject to hydrolysis) is 1. The first kappa shape index (κ1) is 57.6. The number of alkyl halides is 3. The molecular weight excluding hydrogens is 947 g/mol. The summed E-state index contributed by atoms with van der Waals surface area (Å²) in [5, 5.41) is 60.4. The summed E-state index contributed by atoms with van der Waals surface area (Å²) in [5.74, 6) is -7.32. The Hall–Kier alpha value is -4.96. The second-order valence-corrected chi connectivity index (χ2v) is 17.7. The monoisotopic (exact) mass is 1010 g/mol. The smallest absolute Gasteiger partial charge is 0.449 e. The number of ether oxygens (including phenoxy) is 4. The van der Waals surface area contributed by atoms with E-state index in [0.29, 0.717) is 30.9 Å². The predicted molar refractivity (Wildman–Crippen MR) is 233 cm³/mol. The minimum atomic E-state index is -4.99. The van der Waals surface area contributed by atoms with E-state index >= 15 is 0 Å². The number of fused-ring (bicyclic) bond motifs is 1. The molecule has 6 N–H and O–H groups in total. The average Bonchev–Trinajstić information content (AvgIpc) is 3.91. The summed E-state index contributed by atoms with van der Waals surface area (Å²) in [6.45, 7) is 5.56. The highest BCUT2D eigenvalue weighted by molar-refractivity contribution is 5.89. The van der Waals surface area contributed by atoms with Crippen LogP contribution in [0.5, 0.6) is 0 Å². The standard InChI is InChI=1S/C44H64F6N8O12/c1-5-6-7-8-9-55(25-34(60)38(63)39(64)35(61)26-59)22-29-23-57(54-53-29)12-13-67-14-15-68-16-17-69-40(65)37-33-24-56(10-11-58(33)41(52-37)44(48,49)50)36(62)20-28(51-42(66)70-43(2,3)4)18-27-19-31(46)32(47)21-30(27)45/h19,21,23,28,34-35,38-39,59-61,63-64H,5-18,20,22,24-26H2,1-4H3,(H,51,66)/t28-,34?,35?,38?,39?/m1/s1. The van der Waals surface area contributed by atoms with Crippen molar-refractivity contribution in [2.45, 2.75) is 135 Å². The second kappa shape index (κ2) is 27.0. The lowest BCUT2D eigenvalue weighted by Crippen LogP contribution is -2.49. The number of nitrogens with one attached hydrogen (secondary N) is 1. The number of aromatic nitrogens is 5. The third kappa shape index (κ3) is 18.0. The summed E-state index contributed by atoms with van der Waals surface area (Å²) >= 11 is 0. The maximum absolute atomic E-state index is 14.6. The Kier molecular flexibility index (Phi) is 22.2. The maximum Gasteiger partial charge on any atom is 0.449 e. The lowest BCUT2D eigenvalue weighted by atomic mass is 10.0. The molecule has 5 atom stereocenters. The van der Waals surface area contributed by atoms with E-state index in [-0.39, 0.29) is 63.9 Å². The minimum absolute atomic E-state index is 0.0487. The van der Waals surface area contributed by atoms with E-state index in [0.717, 1.165) is 35.2 Å². The zero-order valence-corrected chi connectivity index (χ0v) is 39.5. The molecule has 1 aliphatic rings. The van der Waals surface area contributed by atoms with E-state index in [1.807, 2.05) is 4.90 Å². The van der Waals surface area contributed by atoms with Gasteiger partial charge in [0, 0.05) is 50.9 Å². The van der Waals surface area contributed by atoms with Crippen molar-refractivity contribution < 1.29 is 85.2 Å². The molecule has 0 spiro atoms. The van der Waals surface area contributed by atoms with Gasteiger partial charge in [0.1, 0.15) is 36.3 Å². The lowest BCUT2D eigenvalue weighted by Gasteiger charge is -2.31. The molecule has 0 saturated heterocycles. The summed E-state index contributed by atoms with van der Waals surface area (Å²) in [7, 11) is 0. The van der Waals surface area contributed by atoms with Crippen molar-refractivity contribution in [3.63, 3.8) is 0 Å². The predicted octanol–water partition coefficient (Wildman–Crippen LogP) is 2.49. The molecule has 1 aliphatic heterocycles. The highest BCUT2D eigenvalue weighted by Crippen LogP contribution is 2.33. The van der Waals surface area contributed by atoms with Crippen molar-refractivity contribution in [1.82, 2.24) is 39.7 Å². The number of amides is 2. The molecule has 2 aromatic heterocycles. The topological polar surface area (TPSA) is 256 Å². The number of nitrogens with zero attached hydrogens (tertiary/aromatic N) is 7. The largest absolute Gasteiger partial charge is 0.458 e. The third-order valence-corrected chi connectivity index (χ3v) is 10.9. The van der Waals surface area contributed by atoms with Crippen molar-refractivity contribution in [3.8, 4) is 0 Å². The quantitative estimate of drug-likeness (QED) is 0.0264. The van der Waals surface area contributed by atoms with Gasteiger partial charge in [-0.2, -0.15) is 13.2 Å². The van der Waals surface area contributed by atoms with Gasteiger partial charge in [-0.25, -0.2) is 32.4 Å². The molecule has 70 heavy (non-hydrogen) atoms. The average molecular weight is 1010 g/mol. The Bertz CT molecular complexity index is 2140. The maximum atomic E-state index is 14.6. The van der Waals surface area contributed by atoms with Crippen molar-refractivity contribution >= 4 is 18.0 Å².